The Hall–Kier alpha value is -4.65. The summed E-state index contributed by atoms with van der Waals surface area (Å²) in [6, 6.07) is 9.59. The summed E-state index contributed by atoms with van der Waals surface area (Å²) in [6.45, 7) is 1.08. The summed E-state index contributed by atoms with van der Waals surface area (Å²) < 4.78 is 34.1. The monoisotopic (exact) mass is 489 g/mol. The van der Waals surface area contributed by atoms with Gasteiger partial charge in [-0.2, -0.15) is 0 Å². The number of nitrogens with two attached hydrogens (primary N) is 1. The molecule has 1 aliphatic heterocycles. The molecule has 1 aliphatic rings. The van der Waals surface area contributed by atoms with Gasteiger partial charge in [-0.15, -0.1) is 6.42 Å². The maximum absolute atomic E-state index is 13.9. The lowest BCUT2D eigenvalue weighted by Gasteiger charge is -2.30. The number of aromatic nitrogens is 3. The fourth-order valence-electron chi connectivity index (χ4n) is 4.52. The van der Waals surface area contributed by atoms with Gasteiger partial charge >= 0.3 is 0 Å². The summed E-state index contributed by atoms with van der Waals surface area (Å²) in [5, 5.41) is 3.07. The highest BCUT2D eigenvalue weighted by atomic mass is 19.1. The molecule has 2 aromatic heterocycles. The largest absolute Gasteiger partial charge is 0.454 e. The molecule has 3 heterocycles. The number of imidazole rings is 1. The first-order valence-corrected chi connectivity index (χ1v) is 11.2. The topological polar surface area (TPSA) is 106 Å². The lowest BCUT2D eigenvalue weighted by molar-refractivity contribution is -0.126. The van der Waals surface area contributed by atoms with Gasteiger partial charge < -0.3 is 15.4 Å². The van der Waals surface area contributed by atoms with Crippen molar-refractivity contribution in [2.45, 2.75) is 18.8 Å². The van der Waals surface area contributed by atoms with E-state index in [-0.39, 0.29) is 23.3 Å². The van der Waals surface area contributed by atoms with Crippen LogP contribution < -0.4 is 10.5 Å². The van der Waals surface area contributed by atoms with Crippen LogP contribution in [0.25, 0.3) is 16.9 Å². The molecule has 4 aromatic rings. The van der Waals surface area contributed by atoms with Crippen molar-refractivity contribution in [1.29, 1.82) is 0 Å². The molecule has 0 unspecified atom stereocenters. The van der Waals surface area contributed by atoms with E-state index in [1.165, 1.54) is 6.07 Å². The Morgan fingerprint density at radius 1 is 1.14 bits per heavy atom. The minimum atomic E-state index is -0.819. The molecule has 0 spiro atoms. The molecular weight excluding hydrogens is 468 g/mol. The molecule has 1 saturated heterocycles. The number of carbonyl (C=O) groups excluding carboxylic acids is 2. The summed E-state index contributed by atoms with van der Waals surface area (Å²) in [7, 11) is 0. The fourth-order valence-corrected chi connectivity index (χ4v) is 4.52. The molecule has 8 nitrogen and oxygen atoms in total. The number of ether oxygens (including phenoxy) is 1. The van der Waals surface area contributed by atoms with E-state index in [4.69, 9.17) is 21.9 Å². The third-order valence-corrected chi connectivity index (χ3v) is 6.31. The fraction of sp³-hybridized carbons (Fsp3) is 0.192. The summed E-state index contributed by atoms with van der Waals surface area (Å²) in [5.41, 5.74) is 8.37. The van der Waals surface area contributed by atoms with Crippen LogP contribution in [0, 0.1) is 24.0 Å². The normalized spacial score (nSPS) is 14.1. The summed E-state index contributed by atoms with van der Waals surface area (Å²) in [6.07, 6.45) is 8.45. The third-order valence-electron chi connectivity index (χ3n) is 6.31. The number of hydrogen-bond acceptors (Lipinski definition) is 4. The standard InChI is InChI=1S/C26H21F2N5O3/c1-2-22(34)32-11-9-15(10-12-32)19-14-30-33-24(25(29)35)23(31-26(19)33)16-3-6-18(7-4-16)36-21-8-5-17(27)13-20(21)28/h1,3-8,13-15,30H,9-12H2,(H2,29,35). The van der Waals surface area contributed by atoms with Gasteiger partial charge in [0.05, 0.1) is 0 Å². The number of amides is 2. The zero-order valence-electron chi connectivity index (χ0n) is 19.0. The van der Waals surface area contributed by atoms with Crippen molar-refractivity contribution in [2.24, 2.45) is 5.73 Å². The number of aromatic amines is 1. The summed E-state index contributed by atoms with van der Waals surface area (Å²) in [4.78, 5) is 30.5. The van der Waals surface area contributed by atoms with Crippen molar-refractivity contribution >= 4 is 17.5 Å². The van der Waals surface area contributed by atoms with Crippen molar-refractivity contribution in [1.82, 2.24) is 19.5 Å². The highest BCUT2D eigenvalue weighted by Gasteiger charge is 2.28. The number of hydrogen-bond donors (Lipinski definition) is 2. The van der Waals surface area contributed by atoms with Gasteiger partial charge in [0.25, 0.3) is 11.8 Å². The molecule has 0 radical (unpaired) electrons. The predicted octanol–water partition coefficient (Wildman–Crippen LogP) is 3.84. The second-order valence-electron chi connectivity index (χ2n) is 8.47. The van der Waals surface area contributed by atoms with Crippen LogP contribution in [0.1, 0.15) is 34.8 Å². The third kappa shape index (κ3) is 4.15. The molecule has 0 aliphatic carbocycles. The van der Waals surface area contributed by atoms with Crippen LogP contribution in [0.15, 0.2) is 48.7 Å². The molecule has 2 aromatic carbocycles. The van der Waals surface area contributed by atoms with E-state index in [0.717, 1.165) is 17.7 Å². The van der Waals surface area contributed by atoms with Gasteiger partial charge in [-0.05, 0) is 61.1 Å². The Morgan fingerprint density at radius 2 is 1.86 bits per heavy atom. The van der Waals surface area contributed by atoms with E-state index < -0.39 is 17.5 Å². The Bertz CT molecular complexity index is 1510. The van der Waals surface area contributed by atoms with E-state index in [0.29, 0.717) is 48.6 Å². The average molecular weight is 489 g/mol. The lowest BCUT2D eigenvalue weighted by Crippen LogP contribution is -2.37. The van der Waals surface area contributed by atoms with E-state index >= 15 is 0 Å². The number of primary amides is 1. The number of nitrogens with one attached hydrogen (secondary N) is 1. The molecule has 182 valence electrons. The Kier molecular flexibility index (Phi) is 5.90. The molecule has 5 rings (SSSR count). The summed E-state index contributed by atoms with van der Waals surface area (Å²) >= 11 is 0. The molecule has 0 saturated carbocycles. The van der Waals surface area contributed by atoms with E-state index in [2.05, 4.69) is 11.0 Å². The molecule has 0 atom stereocenters. The number of halogens is 2. The number of terminal acetylenes is 1. The Morgan fingerprint density at radius 3 is 2.50 bits per heavy atom. The minimum Gasteiger partial charge on any atom is -0.454 e. The van der Waals surface area contributed by atoms with E-state index in [1.807, 2.05) is 0 Å². The number of benzene rings is 2. The highest BCUT2D eigenvalue weighted by molar-refractivity contribution is 5.98. The van der Waals surface area contributed by atoms with Gasteiger partial charge in [-0.25, -0.2) is 18.3 Å². The molecule has 3 N–H and O–H groups in total. The van der Waals surface area contributed by atoms with Crippen molar-refractivity contribution < 1.29 is 23.1 Å². The number of carbonyl (C=O) groups is 2. The zero-order valence-corrected chi connectivity index (χ0v) is 19.0. The first-order valence-electron chi connectivity index (χ1n) is 11.2. The molecule has 36 heavy (non-hydrogen) atoms. The lowest BCUT2D eigenvalue weighted by atomic mass is 9.91. The van der Waals surface area contributed by atoms with Crippen LogP contribution in [-0.4, -0.2) is 44.4 Å². The first-order chi connectivity index (χ1) is 17.4. The van der Waals surface area contributed by atoms with Crippen molar-refractivity contribution in [3.05, 3.63) is 71.6 Å². The molecule has 10 heteroatoms. The minimum absolute atomic E-state index is 0.114. The zero-order chi connectivity index (χ0) is 25.4. The van der Waals surface area contributed by atoms with Crippen molar-refractivity contribution in [3.8, 4) is 35.1 Å². The van der Waals surface area contributed by atoms with Crippen LogP contribution in [0.4, 0.5) is 8.78 Å². The van der Waals surface area contributed by atoms with Crippen LogP contribution >= 0.6 is 0 Å². The maximum Gasteiger partial charge on any atom is 0.298 e. The number of H-pyrrole nitrogens is 1. The van der Waals surface area contributed by atoms with Gasteiger partial charge in [-0.3, -0.25) is 14.7 Å². The quantitative estimate of drug-likeness (QED) is 0.416. The van der Waals surface area contributed by atoms with Crippen LogP contribution in [0.2, 0.25) is 0 Å². The molecule has 2 amide bonds. The smallest absolute Gasteiger partial charge is 0.298 e. The number of nitrogens with zero attached hydrogens (tertiary/aromatic N) is 3. The average Bonchev–Trinajstić information content (AvgIpc) is 3.45. The first kappa shape index (κ1) is 23.1. The number of rotatable bonds is 5. The van der Waals surface area contributed by atoms with Crippen LogP contribution in [-0.2, 0) is 4.79 Å². The maximum atomic E-state index is 13.9. The Balaban J connectivity index is 1.43. The van der Waals surface area contributed by atoms with Gasteiger partial charge in [0.1, 0.15) is 17.3 Å². The van der Waals surface area contributed by atoms with Crippen LogP contribution in [0.3, 0.4) is 0 Å². The predicted molar refractivity (Wildman–Crippen MR) is 127 cm³/mol. The van der Waals surface area contributed by atoms with Crippen molar-refractivity contribution in [2.75, 3.05) is 13.1 Å². The van der Waals surface area contributed by atoms with E-state index in [1.54, 1.807) is 39.9 Å². The van der Waals surface area contributed by atoms with Crippen LogP contribution in [0.5, 0.6) is 11.5 Å². The second-order valence-corrected chi connectivity index (χ2v) is 8.47. The summed E-state index contributed by atoms with van der Waals surface area (Å²) in [5.74, 6) is -0.0139. The number of likely N-dealkylation sites (tertiary alicyclic amines) is 1. The van der Waals surface area contributed by atoms with Gasteiger partial charge in [0.15, 0.2) is 22.9 Å². The van der Waals surface area contributed by atoms with Gasteiger partial charge in [0.2, 0.25) is 0 Å². The second kappa shape index (κ2) is 9.19. The Labute approximate surface area is 204 Å². The molecular formula is C26H21F2N5O3. The SMILES string of the molecule is C#CC(=O)N1CCC(c2c[nH]n3c(C(N)=O)c(-c4ccc(Oc5ccc(F)cc5F)cc4)nc23)CC1. The highest BCUT2D eigenvalue weighted by Crippen LogP contribution is 2.34. The van der Waals surface area contributed by atoms with E-state index in [9.17, 15) is 18.4 Å². The van der Waals surface area contributed by atoms with Crippen molar-refractivity contribution in [3.63, 3.8) is 0 Å². The number of piperidine rings is 1. The molecule has 0 bridgehead atoms. The van der Waals surface area contributed by atoms with Gasteiger partial charge in [-0.1, -0.05) is 0 Å². The van der Waals surface area contributed by atoms with Gasteiger partial charge in [0, 0.05) is 36.5 Å². The molecule has 1 fully saturated rings. The number of fused-ring (bicyclic) bond motifs is 1.